The Morgan fingerprint density at radius 1 is 1.26 bits per heavy atom. The van der Waals surface area contributed by atoms with E-state index >= 15 is 0 Å². The number of hydrogen-bond acceptors (Lipinski definition) is 9. The number of thiophene rings is 1. The third-order valence-corrected chi connectivity index (χ3v) is 6.24. The van der Waals surface area contributed by atoms with Crippen LogP contribution in [0.1, 0.15) is 16.6 Å². The number of likely N-dealkylation sites (N-methyl/N-ethyl adjacent to an activating group) is 1. The zero-order chi connectivity index (χ0) is 22.2. The number of thioether (sulfide) groups is 1. The largest absolute Gasteiger partial charge is 0.462 e. The number of nitrogens with zero attached hydrogens (tertiary/aromatic N) is 5. The van der Waals surface area contributed by atoms with Crippen molar-refractivity contribution in [2.75, 3.05) is 38.3 Å². The smallest absolute Gasteiger partial charge is 0.350 e. The van der Waals surface area contributed by atoms with E-state index in [4.69, 9.17) is 4.74 Å². The summed E-state index contributed by atoms with van der Waals surface area (Å²) in [6.07, 6.45) is 0. The number of nitrogens with one attached hydrogen (secondary N) is 1. The second kappa shape index (κ2) is 11.0. The second-order valence-corrected chi connectivity index (χ2v) is 8.76. The quantitative estimate of drug-likeness (QED) is 0.364. The lowest BCUT2D eigenvalue weighted by Gasteiger charge is -2.10. The number of hydrogen-bond donors (Lipinski definition) is 1. The summed E-state index contributed by atoms with van der Waals surface area (Å²) in [6.45, 7) is 3.42. The van der Waals surface area contributed by atoms with Crippen molar-refractivity contribution < 1.29 is 14.3 Å². The van der Waals surface area contributed by atoms with Gasteiger partial charge in [0.25, 0.3) is 0 Å². The van der Waals surface area contributed by atoms with E-state index in [1.807, 2.05) is 49.3 Å². The average molecular weight is 461 g/mol. The minimum atomic E-state index is -0.453. The van der Waals surface area contributed by atoms with Gasteiger partial charge in [0, 0.05) is 11.4 Å². The zero-order valence-electron chi connectivity index (χ0n) is 17.6. The molecule has 0 unspecified atom stereocenters. The molecule has 2 heterocycles. The number of ether oxygens (including phenoxy) is 1. The van der Waals surface area contributed by atoms with Crippen molar-refractivity contribution >= 4 is 40.7 Å². The van der Waals surface area contributed by atoms with Crippen molar-refractivity contribution in [2.45, 2.75) is 18.6 Å². The van der Waals surface area contributed by atoms with Crippen LogP contribution in [-0.4, -0.2) is 70.0 Å². The highest BCUT2D eigenvalue weighted by Crippen LogP contribution is 2.35. The van der Waals surface area contributed by atoms with Crippen LogP contribution < -0.4 is 5.32 Å². The molecule has 1 amide bonds. The summed E-state index contributed by atoms with van der Waals surface area (Å²) in [4.78, 5) is 28.3. The van der Waals surface area contributed by atoms with Crippen LogP contribution in [0.2, 0.25) is 0 Å². The van der Waals surface area contributed by atoms with E-state index in [1.54, 1.807) is 17.7 Å². The summed E-state index contributed by atoms with van der Waals surface area (Å²) in [6, 6.07) is 11.5. The lowest BCUT2D eigenvalue weighted by atomic mass is 10.2. The first-order chi connectivity index (χ1) is 15.0. The first-order valence-corrected chi connectivity index (χ1v) is 11.5. The number of carbonyl (C=O) groups is 2. The highest BCUT2D eigenvalue weighted by Gasteiger charge is 2.20. The van der Waals surface area contributed by atoms with E-state index in [1.165, 1.54) is 23.1 Å². The summed E-state index contributed by atoms with van der Waals surface area (Å²) >= 11 is 2.54. The number of rotatable bonds is 10. The Balaban J connectivity index is 1.70. The minimum absolute atomic E-state index is 0.112. The standard InChI is InChI=1S/C20H24N6O3S2/c1-4-29-19(28)18-15(12-16(31-18)14-8-6-5-7-9-14)21-17(27)13-30-20-22-23-24-26(20)11-10-25(2)3/h5-9,12H,4,10-11,13H2,1-3H3,(H,21,27). The number of carbonyl (C=O) groups excluding carboxylic acids is 2. The highest BCUT2D eigenvalue weighted by atomic mass is 32.2. The first kappa shape index (κ1) is 22.9. The van der Waals surface area contributed by atoms with Gasteiger partial charge in [0.2, 0.25) is 11.1 Å². The molecule has 0 aliphatic rings. The molecule has 0 saturated heterocycles. The third kappa shape index (κ3) is 6.36. The van der Waals surface area contributed by atoms with Gasteiger partial charge in [-0.05, 0) is 43.1 Å². The topological polar surface area (TPSA) is 102 Å². The summed E-state index contributed by atoms with van der Waals surface area (Å²) in [5, 5.41) is 15.0. The fourth-order valence-corrected chi connectivity index (χ4v) is 4.34. The van der Waals surface area contributed by atoms with Crippen molar-refractivity contribution in [1.82, 2.24) is 25.1 Å². The number of anilines is 1. The van der Waals surface area contributed by atoms with Crippen LogP contribution >= 0.6 is 23.1 Å². The Morgan fingerprint density at radius 2 is 2.03 bits per heavy atom. The van der Waals surface area contributed by atoms with Gasteiger partial charge in [-0.2, -0.15) is 0 Å². The average Bonchev–Trinajstić information content (AvgIpc) is 3.38. The molecule has 11 heteroatoms. The van der Waals surface area contributed by atoms with Gasteiger partial charge >= 0.3 is 5.97 Å². The van der Waals surface area contributed by atoms with Gasteiger partial charge in [-0.15, -0.1) is 16.4 Å². The van der Waals surface area contributed by atoms with Crippen molar-refractivity contribution in [2.24, 2.45) is 0 Å². The predicted octanol–water partition coefficient (Wildman–Crippen LogP) is 2.87. The monoisotopic (exact) mass is 460 g/mol. The van der Waals surface area contributed by atoms with Crippen molar-refractivity contribution in [1.29, 1.82) is 0 Å². The maximum absolute atomic E-state index is 12.6. The van der Waals surface area contributed by atoms with E-state index < -0.39 is 5.97 Å². The molecular weight excluding hydrogens is 436 g/mol. The van der Waals surface area contributed by atoms with Gasteiger partial charge in [0.05, 0.1) is 24.6 Å². The summed E-state index contributed by atoms with van der Waals surface area (Å²) in [5.74, 6) is -0.596. The molecule has 1 aromatic carbocycles. The molecule has 0 fully saturated rings. The Kier molecular flexibility index (Phi) is 8.15. The number of aromatic nitrogens is 4. The van der Waals surface area contributed by atoms with Crippen LogP contribution in [-0.2, 0) is 16.1 Å². The molecule has 1 N–H and O–H groups in total. The number of tetrazole rings is 1. The molecule has 9 nitrogen and oxygen atoms in total. The van der Waals surface area contributed by atoms with Crippen LogP contribution in [0.4, 0.5) is 5.69 Å². The van der Waals surface area contributed by atoms with Gasteiger partial charge < -0.3 is 15.0 Å². The summed E-state index contributed by atoms with van der Waals surface area (Å²) < 4.78 is 6.83. The number of benzene rings is 1. The molecule has 3 aromatic rings. The fraction of sp³-hybridized carbons (Fsp3) is 0.350. The van der Waals surface area contributed by atoms with Crippen molar-refractivity contribution in [3.8, 4) is 10.4 Å². The molecule has 164 valence electrons. The molecule has 0 radical (unpaired) electrons. The van der Waals surface area contributed by atoms with Crippen LogP contribution in [0.15, 0.2) is 41.6 Å². The van der Waals surface area contributed by atoms with Gasteiger partial charge in [0.15, 0.2) is 0 Å². The van der Waals surface area contributed by atoms with Crippen LogP contribution in [0.5, 0.6) is 0 Å². The van der Waals surface area contributed by atoms with Crippen molar-refractivity contribution in [3.05, 3.63) is 41.3 Å². The molecule has 0 spiro atoms. The van der Waals surface area contributed by atoms with Gasteiger partial charge in [0.1, 0.15) is 4.88 Å². The predicted molar refractivity (Wildman–Crippen MR) is 121 cm³/mol. The minimum Gasteiger partial charge on any atom is -0.462 e. The molecule has 0 saturated carbocycles. The Morgan fingerprint density at radius 3 is 2.74 bits per heavy atom. The first-order valence-electron chi connectivity index (χ1n) is 9.67. The van der Waals surface area contributed by atoms with Crippen LogP contribution in [0.25, 0.3) is 10.4 Å². The zero-order valence-corrected chi connectivity index (χ0v) is 19.2. The van der Waals surface area contributed by atoms with E-state index in [0.717, 1.165) is 17.0 Å². The molecule has 31 heavy (non-hydrogen) atoms. The van der Waals surface area contributed by atoms with E-state index in [-0.39, 0.29) is 18.3 Å². The molecule has 3 rings (SSSR count). The Bertz CT molecular complexity index is 1020. The molecular formula is C20H24N6O3S2. The molecule has 0 atom stereocenters. The van der Waals surface area contributed by atoms with E-state index in [9.17, 15) is 9.59 Å². The van der Waals surface area contributed by atoms with Crippen LogP contribution in [0.3, 0.4) is 0 Å². The number of amides is 1. The normalized spacial score (nSPS) is 11.0. The summed E-state index contributed by atoms with van der Waals surface area (Å²) in [5.41, 5.74) is 1.41. The van der Waals surface area contributed by atoms with Crippen molar-refractivity contribution in [3.63, 3.8) is 0 Å². The van der Waals surface area contributed by atoms with E-state index in [0.29, 0.717) is 22.3 Å². The van der Waals surface area contributed by atoms with Gasteiger partial charge in [-0.25, -0.2) is 9.48 Å². The number of esters is 1. The lowest BCUT2D eigenvalue weighted by molar-refractivity contribution is -0.113. The lowest BCUT2D eigenvalue weighted by Crippen LogP contribution is -2.20. The maximum Gasteiger partial charge on any atom is 0.350 e. The molecule has 2 aromatic heterocycles. The van der Waals surface area contributed by atoms with Gasteiger partial charge in [-0.3, -0.25) is 4.79 Å². The maximum atomic E-state index is 12.6. The Labute approximate surface area is 188 Å². The molecule has 0 bridgehead atoms. The second-order valence-electron chi connectivity index (χ2n) is 6.76. The van der Waals surface area contributed by atoms with E-state index in [2.05, 4.69) is 20.8 Å². The summed E-state index contributed by atoms with van der Waals surface area (Å²) in [7, 11) is 3.94. The van der Waals surface area contributed by atoms with Gasteiger partial charge in [-0.1, -0.05) is 42.1 Å². The highest BCUT2D eigenvalue weighted by molar-refractivity contribution is 7.99. The Hall–Kier alpha value is -2.76. The van der Waals surface area contributed by atoms with Crippen LogP contribution in [0, 0.1) is 0 Å². The fourth-order valence-electron chi connectivity index (χ4n) is 2.63. The molecule has 0 aliphatic carbocycles. The molecule has 0 aliphatic heterocycles. The third-order valence-electron chi connectivity index (χ3n) is 4.12. The SMILES string of the molecule is CCOC(=O)c1sc(-c2ccccc2)cc1NC(=O)CSc1nnnn1CCN(C)C.